The molecule has 82 valence electrons. The van der Waals surface area contributed by atoms with Crippen molar-refractivity contribution >= 4 is 10.0 Å². The highest BCUT2D eigenvalue weighted by Gasteiger charge is 2.20. The number of ether oxygens (including phenoxy) is 2. The van der Waals surface area contributed by atoms with Crippen LogP contribution in [0.3, 0.4) is 0 Å². The van der Waals surface area contributed by atoms with Crippen LogP contribution in [0.15, 0.2) is 23.2 Å². The van der Waals surface area contributed by atoms with Crippen LogP contribution in [0.2, 0.25) is 0 Å². The first-order chi connectivity index (χ1) is 7.07. The van der Waals surface area contributed by atoms with Gasteiger partial charge in [-0.2, -0.15) is 0 Å². The molecule has 0 unspecified atom stereocenters. The van der Waals surface area contributed by atoms with Gasteiger partial charge >= 0.3 is 0 Å². The van der Waals surface area contributed by atoms with Crippen molar-refractivity contribution < 1.29 is 17.9 Å². The van der Waals surface area contributed by atoms with Gasteiger partial charge in [-0.15, -0.1) is 0 Å². The molecule has 7 heteroatoms. The van der Waals surface area contributed by atoms with Crippen molar-refractivity contribution in [3.05, 3.63) is 24.0 Å². The van der Waals surface area contributed by atoms with Crippen LogP contribution in [0.25, 0.3) is 0 Å². The van der Waals surface area contributed by atoms with E-state index < -0.39 is 16.3 Å². The molecule has 0 radical (unpaired) electrons. The molecule has 0 spiro atoms. The fourth-order valence-electron chi connectivity index (χ4n) is 1.23. The first-order valence-electron chi connectivity index (χ1n) is 4.29. The van der Waals surface area contributed by atoms with Crippen LogP contribution in [-0.4, -0.2) is 26.6 Å². The van der Waals surface area contributed by atoms with Crippen LogP contribution in [0.4, 0.5) is 0 Å². The summed E-state index contributed by atoms with van der Waals surface area (Å²) in [6.45, 7) is 1.03. The lowest BCUT2D eigenvalue weighted by Gasteiger charge is -2.07. The molecule has 0 aliphatic carbocycles. The van der Waals surface area contributed by atoms with Crippen LogP contribution in [-0.2, 0) is 19.5 Å². The average molecular weight is 230 g/mol. The lowest BCUT2D eigenvalue weighted by molar-refractivity contribution is -0.0473. The highest BCUT2D eigenvalue weighted by atomic mass is 32.2. The number of nitrogens with two attached hydrogens (primary N) is 1. The highest BCUT2D eigenvalue weighted by molar-refractivity contribution is 7.89. The normalized spacial score (nSPS) is 18.2. The molecule has 1 aliphatic rings. The fraction of sp³-hybridized carbons (Fsp3) is 0.375. The van der Waals surface area contributed by atoms with Crippen molar-refractivity contribution in [2.75, 3.05) is 13.2 Å². The summed E-state index contributed by atoms with van der Waals surface area (Å²) in [5.41, 5.74) is 0.542. The summed E-state index contributed by atoms with van der Waals surface area (Å²) in [5.74, 6) is 0. The van der Waals surface area contributed by atoms with E-state index in [2.05, 4.69) is 4.98 Å². The van der Waals surface area contributed by atoms with Crippen molar-refractivity contribution in [2.45, 2.75) is 11.2 Å². The van der Waals surface area contributed by atoms with Gasteiger partial charge in [0.25, 0.3) is 0 Å². The van der Waals surface area contributed by atoms with Crippen LogP contribution in [0.5, 0.6) is 0 Å². The largest absolute Gasteiger partial charge is 0.345 e. The molecule has 2 N–H and O–H groups in total. The molecule has 6 nitrogen and oxygen atoms in total. The maximum atomic E-state index is 10.9. The Bertz CT molecular complexity index is 436. The van der Waals surface area contributed by atoms with Crippen LogP contribution in [0.1, 0.15) is 12.0 Å². The summed E-state index contributed by atoms with van der Waals surface area (Å²) in [4.78, 5) is 3.89. The summed E-state index contributed by atoms with van der Waals surface area (Å²) in [6, 6.07) is 2.90. The molecule has 1 fully saturated rings. The summed E-state index contributed by atoms with van der Waals surface area (Å²) >= 11 is 0. The highest BCUT2D eigenvalue weighted by Crippen LogP contribution is 2.21. The Balaban J connectivity index is 2.24. The van der Waals surface area contributed by atoms with Crippen molar-refractivity contribution in [3.8, 4) is 0 Å². The van der Waals surface area contributed by atoms with E-state index in [1.54, 1.807) is 0 Å². The molecule has 0 bridgehead atoms. The molecule has 2 rings (SSSR count). The van der Waals surface area contributed by atoms with E-state index in [0.29, 0.717) is 18.9 Å². The first-order valence-corrected chi connectivity index (χ1v) is 5.84. The number of hydrogen-bond donors (Lipinski definition) is 1. The average Bonchev–Trinajstić information content (AvgIpc) is 2.69. The molecule has 0 amide bonds. The first kappa shape index (κ1) is 10.5. The van der Waals surface area contributed by atoms with E-state index in [4.69, 9.17) is 14.6 Å². The topological polar surface area (TPSA) is 91.5 Å². The maximum absolute atomic E-state index is 10.9. The lowest BCUT2D eigenvalue weighted by atomic mass is 10.3. The third-order valence-electron chi connectivity index (χ3n) is 1.95. The molecule has 1 aliphatic heterocycles. The third-order valence-corrected chi connectivity index (χ3v) is 2.85. The standard InChI is InChI=1S/C8H10N2O4S/c9-15(11,12)6-1-2-7(10-5-6)8-13-3-4-14-8/h1-2,5,8H,3-4H2,(H2,9,11,12). The molecule has 15 heavy (non-hydrogen) atoms. The Labute approximate surface area is 87.1 Å². The van der Waals surface area contributed by atoms with Gasteiger partial charge in [-0.05, 0) is 12.1 Å². The van der Waals surface area contributed by atoms with E-state index in [1.165, 1.54) is 18.3 Å². The number of sulfonamides is 1. The van der Waals surface area contributed by atoms with Gasteiger partial charge in [0.2, 0.25) is 16.3 Å². The minimum Gasteiger partial charge on any atom is -0.345 e. The second-order valence-electron chi connectivity index (χ2n) is 3.04. The van der Waals surface area contributed by atoms with Crippen LogP contribution >= 0.6 is 0 Å². The van der Waals surface area contributed by atoms with E-state index in [-0.39, 0.29) is 4.90 Å². The van der Waals surface area contributed by atoms with Gasteiger partial charge in [0.05, 0.1) is 18.9 Å². The van der Waals surface area contributed by atoms with Gasteiger partial charge in [-0.25, -0.2) is 13.6 Å². The molecule has 0 atom stereocenters. The summed E-state index contributed by atoms with van der Waals surface area (Å²) in [7, 11) is -3.69. The van der Waals surface area contributed by atoms with Gasteiger partial charge in [0.1, 0.15) is 4.90 Å². The quantitative estimate of drug-likeness (QED) is 0.758. The molecular formula is C8H10N2O4S. The zero-order chi connectivity index (χ0) is 10.9. The Kier molecular flexibility index (Phi) is 2.70. The minimum atomic E-state index is -3.69. The van der Waals surface area contributed by atoms with E-state index >= 15 is 0 Å². The van der Waals surface area contributed by atoms with Gasteiger partial charge in [-0.3, -0.25) is 4.98 Å². The Morgan fingerprint density at radius 1 is 1.33 bits per heavy atom. The van der Waals surface area contributed by atoms with Gasteiger partial charge < -0.3 is 9.47 Å². The monoisotopic (exact) mass is 230 g/mol. The Hall–Kier alpha value is -1.02. The molecule has 1 aromatic heterocycles. The molecule has 0 aromatic carbocycles. The molecule has 2 heterocycles. The van der Waals surface area contributed by atoms with Crippen LogP contribution < -0.4 is 5.14 Å². The predicted octanol–water partition coefficient (Wildman–Crippen LogP) is -0.226. The van der Waals surface area contributed by atoms with Crippen molar-refractivity contribution in [3.63, 3.8) is 0 Å². The summed E-state index contributed by atoms with van der Waals surface area (Å²) < 4.78 is 32.3. The van der Waals surface area contributed by atoms with Gasteiger partial charge in [0.15, 0.2) is 0 Å². The smallest absolute Gasteiger partial charge is 0.239 e. The molecule has 1 saturated heterocycles. The molecular weight excluding hydrogens is 220 g/mol. The van der Waals surface area contributed by atoms with Crippen molar-refractivity contribution in [2.24, 2.45) is 5.14 Å². The van der Waals surface area contributed by atoms with E-state index in [0.717, 1.165) is 0 Å². The number of hydrogen-bond acceptors (Lipinski definition) is 5. The van der Waals surface area contributed by atoms with Crippen molar-refractivity contribution in [1.29, 1.82) is 0 Å². The van der Waals surface area contributed by atoms with E-state index in [9.17, 15) is 8.42 Å². The SMILES string of the molecule is NS(=O)(=O)c1ccc(C2OCCO2)nc1. The van der Waals surface area contributed by atoms with Gasteiger partial charge in [-0.1, -0.05) is 0 Å². The number of rotatable bonds is 2. The number of aromatic nitrogens is 1. The number of pyridine rings is 1. The zero-order valence-corrected chi connectivity index (χ0v) is 8.61. The van der Waals surface area contributed by atoms with E-state index in [1.807, 2.05) is 0 Å². The zero-order valence-electron chi connectivity index (χ0n) is 7.79. The predicted molar refractivity (Wildman–Crippen MR) is 50.3 cm³/mol. The Morgan fingerprint density at radius 3 is 2.47 bits per heavy atom. The molecule has 0 saturated carbocycles. The fourth-order valence-corrected chi connectivity index (χ4v) is 1.69. The summed E-state index contributed by atoms with van der Waals surface area (Å²) in [5, 5.41) is 4.93. The number of nitrogens with zero attached hydrogens (tertiary/aromatic N) is 1. The summed E-state index contributed by atoms with van der Waals surface area (Å²) in [6.07, 6.45) is 0.690. The second-order valence-corrected chi connectivity index (χ2v) is 4.60. The maximum Gasteiger partial charge on any atom is 0.239 e. The molecule has 1 aromatic rings. The van der Waals surface area contributed by atoms with Crippen molar-refractivity contribution in [1.82, 2.24) is 4.98 Å². The minimum absolute atomic E-state index is 0.0238. The third kappa shape index (κ3) is 2.32. The Morgan fingerprint density at radius 2 is 2.00 bits per heavy atom. The van der Waals surface area contributed by atoms with Crippen LogP contribution in [0, 0.1) is 0 Å². The lowest BCUT2D eigenvalue weighted by Crippen LogP contribution is -2.13. The van der Waals surface area contributed by atoms with Gasteiger partial charge in [0, 0.05) is 6.20 Å². The second kappa shape index (κ2) is 3.86. The number of primary sulfonamides is 1.